The number of hydrogen-bond acceptors (Lipinski definition) is 5. The zero-order chi connectivity index (χ0) is 15.7. The van der Waals surface area contributed by atoms with Crippen LogP contribution in [-0.2, 0) is 23.6 Å². The van der Waals surface area contributed by atoms with E-state index in [1.165, 1.54) is 6.07 Å². The number of fused-ring (bicyclic) bond motifs is 1. The van der Waals surface area contributed by atoms with Gasteiger partial charge in [-0.1, -0.05) is 6.07 Å². The number of sulfonamides is 1. The van der Waals surface area contributed by atoms with Crippen LogP contribution in [0.4, 0.5) is 0 Å². The zero-order valence-electron chi connectivity index (χ0n) is 12.4. The van der Waals surface area contributed by atoms with E-state index < -0.39 is 10.0 Å². The van der Waals surface area contributed by atoms with Crippen molar-refractivity contribution in [3.63, 3.8) is 0 Å². The van der Waals surface area contributed by atoms with Crippen LogP contribution in [0.1, 0.15) is 11.3 Å². The molecule has 0 unspecified atom stereocenters. The van der Waals surface area contributed by atoms with Crippen molar-refractivity contribution in [3.05, 3.63) is 35.7 Å². The molecule has 3 rings (SSSR count). The lowest BCUT2D eigenvalue weighted by Crippen LogP contribution is -2.25. The van der Waals surface area contributed by atoms with Crippen LogP contribution in [0.25, 0.3) is 0 Å². The van der Waals surface area contributed by atoms with Crippen molar-refractivity contribution < 1.29 is 17.9 Å². The van der Waals surface area contributed by atoms with Crippen molar-refractivity contribution in [1.29, 1.82) is 0 Å². The van der Waals surface area contributed by atoms with E-state index in [-0.39, 0.29) is 17.2 Å². The number of aromatic nitrogens is 2. The van der Waals surface area contributed by atoms with E-state index in [1.54, 1.807) is 23.0 Å². The molecule has 0 fully saturated rings. The highest BCUT2D eigenvalue weighted by molar-refractivity contribution is 7.89. The van der Waals surface area contributed by atoms with Crippen molar-refractivity contribution >= 4 is 10.0 Å². The summed E-state index contributed by atoms with van der Waals surface area (Å²) in [4.78, 5) is 0.0891. The van der Waals surface area contributed by atoms with E-state index in [4.69, 9.17) is 9.47 Å². The Kier molecular flexibility index (Phi) is 3.79. The van der Waals surface area contributed by atoms with Crippen LogP contribution in [-0.4, -0.2) is 31.4 Å². The van der Waals surface area contributed by atoms with Crippen LogP contribution in [0.5, 0.6) is 11.5 Å². The van der Waals surface area contributed by atoms with Gasteiger partial charge < -0.3 is 9.47 Å². The molecule has 0 aliphatic carbocycles. The second-order valence-electron chi connectivity index (χ2n) is 4.98. The van der Waals surface area contributed by atoms with Crippen molar-refractivity contribution in [2.45, 2.75) is 18.4 Å². The van der Waals surface area contributed by atoms with Crippen LogP contribution in [0.3, 0.4) is 0 Å². The molecule has 1 aliphatic heterocycles. The van der Waals surface area contributed by atoms with Crippen LogP contribution in [0, 0.1) is 6.92 Å². The van der Waals surface area contributed by atoms with E-state index in [2.05, 4.69) is 9.82 Å². The molecular formula is C14H17N3O4S. The number of aryl methyl sites for hydroxylation is 1. The summed E-state index contributed by atoms with van der Waals surface area (Å²) in [5.74, 6) is 0.718. The van der Waals surface area contributed by atoms with E-state index in [0.29, 0.717) is 19.0 Å². The van der Waals surface area contributed by atoms with E-state index in [1.807, 2.05) is 14.0 Å². The molecule has 7 nitrogen and oxygen atoms in total. The third-order valence-electron chi connectivity index (χ3n) is 3.61. The number of benzene rings is 1. The normalized spacial score (nSPS) is 14.1. The van der Waals surface area contributed by atoms with Crippen molar-refractivity contribution in [2.24, 2.45) is 7.05 Å². The number of para-hydroxylation sites is 1. The molecule has 0 spiro atoms. The molecule has 1 aromatic carbocycles. The summed E-state index contributed by atoms with van der Waals surface area (Å²) in [7, 11) is -1.89. The smallest absolute Gasteiger partial charge is 0.244 e. The molecule has 0 saturated heterocycles. The SMILES string of the molecule is Cc1c(CNS(=O)(=O)c2cccc3c2OCCO3)cnn1C. The number of nitrogens with one attached hydrogen (secondary N) is 1. The van der Waals surface area contributed by atoms with Crippen LogP contribution < -0.4 is 14.2 Å². The van der Waals surface area contributed by atoms with Gasteiger partial charge in [0.1, 0.15) is 18.1 Å². The quantitative estimate of drug-likeness (QED) is 0.907. The van der Waals surface area contributed by atoms with Crippen LogP contribution in [0.2, 0.25) is 0 Å². The minimum absolute atomic E-state index is 0.0891. The van der Waals surface area contributed by atoms with Crippen molar-refractivity contribution in [3.8, 4) is 11.5 Å². The van der Waals surface area contributed by atoms with Gasteiger partial charge in [0.2, 0.25) is 10.0 Å². The van der Waals surface area contributed by atoms with E-state index in [0.717, 1.165) is 11.3 Å². The summed E-state index contributed by atoms with van der Waals surface area (Å²) in [5.41, 5.74) is 1.74. The summed E-state index contributed by atoms with van der Waals surface area (Å²) in [5, 5.41) is 4.10. The van der Waals surface area contributed by atoms with E-state index >= 15 is 0 Å². The molecule has 1 aliphatic rings. The number of rotatable bonds is 4. The molecule has 0 radical (unpaired) electrons. The Morgan fingerprint density at radius 1 is 1.32 bits per heavy atom. The number of nitrogens with zero attached hydrogens (tertiary/aromatic N) is 2. The molecule has 8 heteroatoms. The lowest BCUT2D eigenvalue weighted by Gasteiger charge is -2.20. The fourth-order valence-corrected chi connectivity index (χ4v) is 3.39. The van der Waals surface area contributed by atoms with Gasteiger partial charge in [-0.2, -0.15) is 5.10 Å². The summed E-state index contributed by atoms with van der Waals surface area (Å²) in [6.07, 6.45) is 1.65. The van der Waals surface area contributed by atoms with Gasteiger partial charge in [-0.3, -0.25) is 4.68 Å². The molecule has 2 aromatic rings. The molecule has 0 atom stereocenters. The Morgan fingerprint density at radius 2 is 2.09 bits per heavy atom. The Hall–Kier alpha value is -2.06. The molecule has 1 N–H and O–H groups in total. The zero-order valence-corrected chi connectivity index (χ0v) is 13.2. The maximum absolute atomic E-state index is 12.5. The van der Waals surface area contributed by atoms with Crippen molar-refractivity contribution in [2.75, 3.05) is 13.2 Å². The van der Waals surface area contributed by atoms with Gasteiger partial charge in [0.15, 0.2) is 11.5 Å². The fraction of sp³-hybridized carbons (Fsp3) is 0.357. The Labute approximate surface area is 128 Å². The van der Waals surface area contributed by atoms with Gasteiger partial charge in [0, 0.05) is 24.8 Å². The third-order valence-corrected chi connectivity index (χ3v) is 5.03. The second-order valence-corrected chi connectivity index (χ2v) is 6.72. The Morgan fingerprint density at radius 3 is 2.82 bits per heavy atom. The van der Waals surface area contributed by atoms with E-state index in [9.17, 15) is 8.42 Å². The number of hydrogen-bond donors (Lipinski definition) is 1. The van der Waals surface area contributed by atoms with Gasteiger partial charge in [-0.15, -0.1) is 0 Å². The highest BCUT2D eigenvalue weighted by Gasteiger charge is 2.25. The average Bonchev–Trinajstić information content (AvgIpc) is 2.84. The second kappa shape index (κ2) is 5.62. The van der Waals surface area contributed by atoms with Crippen LogP contribution >= 0.6 is 0 Å². The fourth-order valence-electron chi connectivity index (χ4n) is 2.23. The molecule has 1 aromatic heterocycles. The Balaban J connectivity index is 1.86. The maximum atomic E-state index is 12.5. The largest absolute Gasteiger partial charge is 0.486 e. The maximum Gasteiger partial charge on any atom is 0.244 e. The molecule has 0 amide bonds. The highest BCUT2D eigenvalue weighted by atomic mass is 32.2. The first-order chi connectivity index (χ1) is 10.5. The predicted molar refractivity (Wildman–Crippen MR) is 79.4 cm³/mol. The van der Waals surface area contributed by atoms with Gasteiger partial charge in [-0.25, -0.2) is 13.1 Å². The van der Waals surface area contributed by atoms with Crippen LogP contribution in [0.15, 0.2) is 29.3 Å². The first kappa shape index (κ1) is 14.9. The molecule has 118 valence electrons. The van der Waals surface area contributed by atoms with Gasteiger partial charge >= 0.3 is 0 Å². The van der Waals surface area contributed by atoms with Crippen molar-refractivity contribution in [1.82, 2.24) is 14.5 Å². The first-order valence-electron chi connectivity index (χ1n) is 6.85. The Bertz CT molecular complexity index is 798. The molecule has 22 heavy (non-hydrogen) atoms. The lowest BCUT2D eigenvalue weighted by molar-refractivity contribution is 0.167. The first-order valence-corrected chi connectivity index (χ1v) is 8.33. The summed E-state index contributed by atoms with van der Waals surface area (Å²) in [6, 6.07) is 4.84. The minimum Gasteiger partial charge on any atom is -0.486 e. The lowest BCUT2D eigenvalue weighted by atomic mass is 10.3. The molecule has 0 bridgehead atoms. The predicted octanol–water partition coefficient (Wildman–Crippen LogP) is 0.978. The number of ether oxygens (including phenoxy) is 2. The minimum atomic E-state index is -3.70. The van der Waals surface area contributed by atoms with Gasteiger partial charge in [0.05, 0.1) is 6.20 Å². The highest BCUT2D eigenvalue weighted by Crippen LogP contribution is 2.36. The summed E-state index contributed by atoms with van der Waals surface area (Å²) in [6.45, 7) is 2.81. The van der Waals surface area contributed by atoms with Gasteiger partial charge in [-0.05, 0) is 19.1 Å². The summed E-state index contributed by atoms with van der Waals surface area (Å²) >= 11 is 0. The molecule has 2 heterocycles. The molecular weight excluding hydrogens is 306 g/mol. The third kappa shape index (κ3) is 2.67. The average molecular weight is 323 g/mol. The standard InChI is InChI=1S/C14H17N3O4S/c1-10-11(8-15-17(10)2)9-16-22(18,19)13-5-3-4-12-14(13)21-7-6-20-12/h3-5,8,16H,6-7,9H2,1-2H3. The van der Waals surface area contributed by atoms with Gasteiger partial charge in [0.25, 0.3) is 0 Å². The summed E-state index contributed by atoms with van der Waals surface area (Å²) < 4.78 is 40.2. The molecule has 0 saturated carbocycles. The monoisotopic (exact) mass is 323 g/mol. The topological polar surface area (TPSA) is 82.5 Å².